The molecule has 1 N–H and O–H groups in total. The normalized spacial score (nSPS) is 11.7. The summed E-state index contributed by atoms with van der Waals surface area (Å²) in [6.07, 6.45) is 0.685. The zero-order valence-electron chi connectivity index (χ0n) is 8.69. The van der Waals surface area contributed by atoms with Crippen LogP contribution in [-0.4, -0.2) is 33.0 Å². The fraction of sp³-hybridized carbons (Fsp3) is 0.667. The number of aliphatic hydroxyl groups is 1. The molecular formula is C9H15N3O2. The van der Waals surface area contributed by atoms with E-state index < -0.39 is 0 Å². The van der Waals surface area contributed by atoms with Gasteiger partial charge in [-0.3, -0.25) is 4.79 Å². The first-order valence-corrected chi connectivity index (χ1v) is 4.46. The minimum atomic E-state index is -0.251. The van der Waals surface area contributed by atoms with Crippen molar-refractivity contribution in [1.82, 2.24) is 15.0 Å². The molecule has 0 fully saturated rings. The second-order valence-corrected chi connectivity index (χ2v) is 4.16. The zero-order chi connectivity index (χ0) is 10.8. The lowest BCUT2D eigenvalue weighted by molar-refractivity contribution is 0.111. The largest absolute Gasteiger partial charge is 0.396 e. The fourth-order valence-corrected chi connectivity index (χ4v) is 1.09. The van der Waals surface area contributed by atoms with Crippen molar-refractivity contribution in [2.24, 2.45) is 5.41 Å². The van der Waals surface area contributed by atoms with Crippen LogP contribution in [0.4, 0.5) is 0 Å². The Bertz CT molecular complexity index is 331. The molecule has 14 heavy (non-hydrogen) atoms. The first-order valence-electron chi connectivity index (χ1n) is 4.46. The van der Waals surface area contributed by atoms with Gasteiger partial charge in [0.1, 0.15) is 5.69 Å². The number of aldehydes is 1. The molecule has 1 rings (SSSR count). The van der Waals surface area contributed by atoms with Crippen LogP contribution < -0.4 is 0 Å². The SMILES string of the molecule is Cc1c(C=O)nnn1CC(C)(C)CO. The van der Waals surface area contributed by atoms with Gasteiger partial charge in [0.2, 0.25) is 0 Å². The molecule has 0 atom stereocenters. The van der Waals surface area contributed by atoms with Gasteiger partial charge in [0.15, 0.2) is 6.29 Å². The zero-order valence-corrected chi connectivity index (χ0v) is 8.69. The van der Waals surface area contributed by atoms with Gasteiger partial charge >= 0.3 is 0 Å². The van der Waals surface area contributed by atoms with E-state index >= 15 is 0 Å². The number of hydrogen-bond donors (Lipinski definition) is 1. The van der Waals surface area contributed by atoms with Crippen molar-refractivity contribution in [3.8, 4) is 0 Å². The number of carbonyl (C=O) groups excluding carboxylic acids is 1. The molecule has 0 radical (unpaired) electrons. The quantitative estimate of drug-likeness (QED) is 0.710. The lowest BCUT2D eigenvalue weighted by atomic mass is 9.95. The van der Waals surface area contributed by atoms with Crippen LogP contribution in [0.3, 0.4) is 0 Å². The first kappa shape index (κ1) is 10.8. The molecule has 0 unspecified atom stereocenters. The maximum absolute atomic E-state index is 10.5. The molecule has 1 aromatic heterocycles. The van der Waals surface area contributed by atoms with Gasteiger partial charge in [0.25, 0.3) is 0 Å². The van der Waals surface area contributed by atoms with Crippen molar-refractivity contribution in [2.45, 2.75) is 27.3 Å². The highest BCUT2D eigenvalue weighted by atomic mass is 16.3. The number of hydrogen-bond acceptors (Lipinski definition) is 4. The Morgan fingerprint density at radius 2 is 2.21 bits per heavy atom. The number of nitrogens with zero attached hydrogens (tertiary/aromatic N) is 3. The summed E-state index contributed by atoms with van der Waals surface area (Å²) in [7, 11) is 0. The second-order valence-electron chi connectivity index (χ2n) is 4.16. The molecule has 0 saturated heterocycles. The fourth-order valence-electron chi connectivity index (χ4n) is 1.09. The highest BCUT2D eigenvalue weighted by molar-refractivity contribution is 5.72. The van der Waals surface area contributed by atoms with Gasteiger partial charge in [-0.15, -0.1) is 5.10 Å². The van der Waals surface area contributed by atoms with Crippen molar-refractivity contribution in [2.75, 3.05) is 6.61 Å². The number of aliphatic hydroxyl groups excluding tert-OH is 1. The first-order chi connectivity index (χ1) is 6.50. The van der Waals surface area contributed by atoms with Gasteiger partial charge < -0.3 is 5.11 Å². The molecule has 78 valence electrons. The molecule has 5 nitrogen and oxygen atoms in total. The van der Waals surface area contributed by atoms with Crippen LogP contribution >= 0.6 is 0 Å². The van der Waals surface area contributed by atoms with E-state index in [-0.39, 0.29) is 12.0 Å². The summed E-state index contributed by atoms with van der Waals surface area (Å²) in [6.45, 7) is 6.26. The van der Waals surface area contributed by atoms with E-state index in [2.05, 4.69) is 10.3 Å². The van der Waals surface area contributed by atoms with Crippen LogP contribution in [0.25, 0.3) is 0 Å². The topological polar surface area (TPSA) is 68.0 Å². The minimum Gasteiger partial charge on any atom is -0.396 e. The number of carbonyl (C=O) groups is 1. The van der Waals surface area contributed by atoms with Crippen LogP contribution in [0, 0.1) is 12.3 Å². The van der Waals surface area contributed by atoms with Gasteiger partial charge in [-0.25, -0.2) is 4.68 Å². The lowest BCUT2D eigenvalue weighted by Gasteiger charge is -2.21. The monoisotopic (exact) mass is 197 g/mol. The predicted molar refractivity (Wildman–Crippen MR) is 51.0 cm³/mol. The Morgan fingerprint density at radius 1 is 1.57 bits per heavy atom. The van der Waals surface area contributed by atoms with E-state index in [9.17, 15) is 4.79 Å². The second kappa shape index (κ2) is 3.88. The summed E-state index contributed by atoms with van der Waals surface area (Å²) in [5.41, 5.74) is 0.846. The molecule has 0 aliphatic carbocycles. The minimum absolute atomic E-state index is 0.0721. The molecule has 1 heterocycles. The van der Waals surface area contributed by atoms with Crippen molar-refractivity contribution in [3.63, 3.8) is 0 Å². The Balaban J connectivity index is 2.87. The maximum Gasteiger partial charge on any atom is 0.172 e. The van der Waals surface area contributed by atoms with Gasteiger partial charge in [0, 0.05) is 12.0 Å². The van der Waals surface area contributed by atoms with Crippen molar-refractivity contribution >= 4 is 6.29 Å². The van der Waals surface area contributed by atoms with Crippen molar-refractivity contribution in [3.05, 3.63) is 11.4 Å². The van der Waals surface area contributed by atoms with Crippen LogP contribution in [0.2, 0.25) is 0 Å². The Morgan fingerprint density at radius 3 is 2.64 bits per heavy atom. The Kier molecular flexibility index (Phi) is 3.00. The molecular weight excluding hydrogens is 182 g/mol. The summed E-state index contributed by atoms with van der Waals surface area (Å²) < 4.78 is 1.64. The molecule has 0 bridgehead atoms. The van der Waals surface area contributed by atoms with E-state index in [1.165, 1.54) is 0 Å². The van der Waals surface area contributed by atoms with Gasteiger partial charge in [0.05, 0.1) is 12.2 Å². The van der Waals surface area contributed by atoms with E-state index in [0.717, 1.165) is 5.69 Å². The lowest BCUT2D eigenvalue weighted by Crippen LogP contribution is -2.25. The third-order valence-corrected chi connectivity index (χ3v) is 2.14. The van der Waals surface area contributed by atoms with E-state index in [1.54, 1.807) is 11.6 Å². The average molecular weight is 197 g/mol. The van der Waals surface area contributed by atoms with Crippen LogP contribution in [-0.2, 0) is 6.54 Å². The third kappa shape index (κ3) is 2.17. The summed E-state index contributed by atoms with van der Waals surface area (Å²) in [4.78, 5) is 10.5. The van der Waals surface area contributed by atoms with E-state index in [1.807, 2.05) is 13.8 Å². The summed E-state index contributed by atoms with van der Waals surface area (Å²) in [5.74, 6) is 0. The molecule has 0 aromatic carbocycles. The Labute approximate surface area is 82.7 Å². The molecule has 0 amide bonds. The molecule has 0 spiro atoms. The third-order valence-electron chi connectivity index (χ3n) is 2.14. The van der Waals surface area contributed by atoms with E-state index in [4.69, 9.17) is 5.11 Å². The van der Waals surface area contributed by atoms with Gasteiger partial charge in [-0.1, -0.05) is 19.1 Å². The average Bonchev–Trinajstić information content (AvgIpc) is 2.47. The number of rotatable bonds is 4. The predicted octanol–water partition coefficient (Wildman–Crippen LogP) is 0.418. The number of aromatic nitrogens is 3. The summed E-state index contributed by atoms with van der Waals surface area (Å²) in [6, 6.07) is 0. The maximum atomic E-state index is 10.5. The standard InChI is InChI=1S/C9H15N3O2/c1-7-8(4-13)10-11-12(7)5-9(2,3)6-14/h4,14H,5-6H2,1-3H3. The molecule has 0 aliphatic heterocycles. The van der Waals surface area contributed by atoms with Crippen LogP contribution in [0.15, 0.2) is 0 Å². The smallest absolute Gasteiger partial charge is 0.172 e. The van der Waals surface area contributed by atoms with E-state index in [0.29, 0.717) is 18.5 Å². The molecule has 1 aromatic rings. The van der Waals surface area contributed by atoms with Gasteiger partial charge in [-0.05, 0) is 6.92 Å². The van der Waals surface area contributed by atoms with Crippen LogP contribution in [0.5, 0.6) is 0 Å². The molecule has 0 aliphatic rings. The van der Waals surface area contributed by atoms with Gasteiger partial charge in [-0.2, -0.15) is 0 Å². The highest BCUT2D eigenvalue weighted by Gasteiger charge is 2.20. The molecule has 0 saturated carbocycles. The van der Waals surface area contributed by atoms with Crippen LogP contribution in [0.1, 0.15) is 30.0 Å². The van der Waals surface area contributed by atoms with Crippen molar-refractivity contribution in [1.29, 1.82) is 0 Å². The molecule has 5 heteroatoms. The highest BCUT2D eigenvalue weighted by Crippen LogP contribution is 2.17. The van der Waals surface area contributed by atoms with Crippen molar-refractivity contribution < 1.29 is 9.90 Å². The summed E-state index contributed by atoms with van der Waals surface area (Å²) >= 11 is 0. The summed E-state index contributed by atoms with van der Waals surface area (Å²) in [5, 5.41) is 16.6. The Hall–Kier alpha value is -1.23.